The monoisotopic (exact) mass is 361 g/mol. The van der Waals surface area contributed by atoms with E-state index in [4.69, 9.17) is 10.5 Å². The third kappa shape index (κ3) is 5.03. The van der Waals surface area contributed by atoms with E-state index < -0.39 is 0 Å². The Hall–Kier alpha value is -2.40. The van der Waals surface area contributed by atoms with Gasteiger partial charge in [0.2, 0.25) is 5.91 Å². The largest absolute Gasteiger partial charge is 0.492 e. The number of carbonyl (C=O) groups excluding carboxylic acids is 1. The Bertz CT molecular complexity index is 694. The summed E-state index contributed by atoms with van der Waals surface area (Å²) in [5.74, 6) is 0.814. The zero-order valence-electron chi connectivity index (χ0n) is 14.1. The molecule has 0 aromatic heterocycles. The Kier molecular flexibility index (Phi) is 6.95. The summed E-state index contributed by atoms with van der Waals surface area (Å²) >= 11 is 0. The Morgan fingerprint density at radius 1 is 1.16 bits per heavy atom. The maximum absolute atomic E-state index is 12.2. The Morgan fingerprint density at radius 2 is 1.96 bits per heavy atom. The topological polar surface area (TPSA) is 67.6 Å². The molecule has 2 aromatic carbocycles. The second-order valence-electron chi connectivity index (χ2n) is 5.88. The number of fused-ring (bicyclic) bond motifs is 1. The summed E-state index contributed by atoms with van der Waals surface area (Å²) in [5.41, 5.74) is 9.09. The van der Waals surface area contributed by atoms with Crippen LogP contribution in [0, 0.1) is 0 Å². The molecule has 1 aliphatic heterocycles. The smallest absolute Gasteiger partial charge is 0.239 e. The van der Waals surface area contributed by atoms with E-state index in [0.29, 0.717) is 19.7 Å². The van der Waals surface area contributed by atoms with Gasteiger partial charge in [0.25, 0.3) is 0 Å². The number of hydrogen-bond acceptors (Lipinski definition) is 4. The molecule has 0 bridgehead atoms. The molecule has 2 aromatic rings. The van der Waals surface area contributed by atoms with Gasteiger partial charge in [-0.05, 0) is 42.7 Å². The van der Waals surface area contributed by atoms with Gasteiger partial charge < -0.3 is 20.7 Å². The first-order chi connectivity index (χ1) is 11.7. The van der Waals surface area contributed by atoms with Crippen LogP contribution in [0.25, 0.3) is 0 Å². The van der Waals surface area contributed by atoms with E-state index in [9.17, 15) is 4.79 Å². The number of nitrogens with zero attached hydrogens (tertiary/aromatic N) is 1. The molecular formula is C19H24ClN3O2. The number of halogens is 1. The second-order valence-corrected chi connectivity index (χ2v) is 5.88. The molecule has 1 aliphatic rings. The minimum atomic E-state index is 0. The zero-order valence-corrected chi connectivity index (χ0v) is 14.9. The van der Waals surface area contributed by atoms with Gasteiger partial charge >= 0.3 is 0 Å². The van der Waals surface area contributed by atoms with E-state index in [1.807, 2.05) is 48.5 Å². The number of hydrogen-bond donors (Lipinski definition) is 2. The molecule has 1 amide bonds. The van der Waals surface area contributed by atoms with Gasteiger partial charge in [0.1, 0.15) is 12.4 Å². The van der Waals surface area contributed by atoms with Crippen molar-refractivity contribution in [2.75, 3.05) is 36.9 Å². The van der Waals surface area contributed by atoms with Crippen molar-refractivity contribution in [3.05, 3.63) is 54.1 Å². The van der Waals surface area contributed by atoms with Crippen molar-refractivity contribution < 1.29 is 9.53 Å². The average molecular weight is 362 g/mol. The van der Waals surface area contributed by atoms with Gasteiger partial charge in [-0.2, -0.15) is 0 Å². The number of carbonyl (C=O) groups is 1. The third-order valence-electron chi connectivity index (χ3n) is 4.15. The van der Waals surface area contributed by atoms with E-state index in [2.05, 4.69) is 10.2 Å². The minimum Gasteiger partial charge on any atom is -0.492 e. The van der Waals surface area contributed by atoms with E-state index in [1.54, 1.807) is 0 Å². The zero-order chi connectivity index (χ0) is 16.8. The lowest BCUT2D eigenvalue weighted by atomic mass is 10.00. The summed E-state index contributed by atoms with van der Waals surface area (Å²) in [7, 11) is 0. The summed E-state index contributed by atoms with van der Waals surface area (Å²) in [5, 5.41) is 2.91. The molecular weight excluding hydrogens is 338 g/mol. The van der Waals surface area contributed by atoms with Gasteiger partial charge in [-0.25, -0.2) is 0 Å². The van der Waals surface area contributed by atoms with E-state index in [1.165, 1.54) is 0 Å². The number of benzene rings is 2. The van der Waals surface area contributed by atoms with E-state index in [-0.39, 0.29) is 18.3 Å². The number of ether oxygens (including phenoxy) is 1. The fourth-order valence-electron chi connectivity index (χ4n) is 3.00. The lowest BCUT2D eigenvalue weighted by Crippen LogP contribution is -2.41. The summed E-state index contributed by atoms with van der Waals surface area (Å²) in [4.78, 5) is 14.3. The number of amides is 1. The summed E-state index contributed by atoms with van der Waals surface area (Å²) < 4.78 is 5.57. The van der Waals surface area contributed by atoms with Gasteiger partial charge in [0.05, 0.1) is 13.1 Å². The van der Waals surface area contributed by atoms with Crippen molar-refractivity contribution in [2.45, 2.75) is 12.8 Å². The standard InChI is InChI=1S/C19H23N3O2.ClH/c20-17-9-4-10-18-16(17)8-5-12-22(18)14-19(23)21-11-13-24-15-6-2-1-3-7-15;/h1-4,6-7,9-10H,5,8,11-14,20H2,(H,21,23);1H. The highest BCUT2D eigenvalue weighted by Crippen LogP contribution is 2.30. The quantitative estimate of drug-likeness (QED) is 0.613. The molecule has 3 N–H and O–H groups in total. The first-order valence-corrected chi connectivity index (χ1v) is 8.31. The van der Waals surface area contributed by atoms with Gasteiger partial charge in [0, 0.05) is 17.9 Å². The first kappa shape index (κ1) is 18.9. The van der Waals surface area contributed by atoms with E-state index >= 15 is 0 Å². The number of rotatable bonds is 6. The molecule has 25 heavy (non-hydrogen) atoms. The predicted molar refractivity (Wildman–Crippen MR) is 104 cm³/mol. The molecule has 0 aliphatic carbocycles. The van der Waals surface area contributed by atoms with Crippen LogP contribution in [0.3, 0.4) is 0 Å². The van der Waals surface area contributed by atoms with Crippen LogP contribution in [0.2, 0.25) is 0 Å². The molecule has 0 saturated heterocycles. The average Bonchev–Trinajstić information content (AvgIpc) is 2.61. The molecule has 0 radical (unpaired) electrons. The van der Waals surface area contributed by atoms with Crippen LogP contribution in [0.4, 0.5) is 11.4 Å². The van der Waals surface area contributed by atoms with Gasteiger partial charge in [0.15, 0.2) is 0 Å². The maximum atomic E-state index is 12.2. The Balaban J connectivity index is 0.00000225. The highest BCUT2D eigenvalue weighted by atomic mass is 35.5. The van der Waals surface area contributed by atoms with E-state index in [0.717, 1.165) is 42.1 Å². The second kappa shape index (κ2) is 9.18. The number of nitrogen functional groups attached to an aromatic ring is 1. The molecule has 0 saturated carbocycles. The van der Waals surface area contributed by atoms with Gasteiger partial charge in [-0.1, -0.05) is 24.3 Å². The van der Waals surface area contributed by atoms with Gasteiger partial charge in [-0.3, -0.25) is 4.79 Å². The van der Waals surface area contributed by atoms with Crippen molar-refractivity contribution in [3.63, 3.8) is 0 Å². The molecule has 3 rings (SSSR count). The predicted octanol–water partition coefficient (Wildman–Crippen LogP) is 2.64. The highest BCUT2D eigenvalue weighted by Gasteiger charge is 2.20. The highest BCUT2D eigenvalue weighted by molar-refractivity contribution is 5.85. The number of nitrogens with two attached hydrogens (primary N) is 1. The first-order valence-electron chi connectivity index (χ1n) is 8.31. The molecule has 134 valence electrons. The van der Waals surface area contributed by atoms with Crippen molar-refractivity contribution in [2.24, 2.45) is 0 Å². The minimum absolute atomic E-state index is 0. The number of para-hydroxylation sites is 1. The van der Waals surface area contributed by atoms with Crippen molar-refractivity contribution in [1.82, 2.24) is 5.32 Å². The van der Waals surface area contributed by atoms with Crippen molar-refractivity contribution >= 4 is 29.7 Å². The summed E-state index contributed by atoms with van der Waals surface area (Å²) in [6.45, 7) is 2.18. The summed E-state index contributed by atoms with van der Waals surface area (Å²) in [6, 6.07) is 15.5. The summed E-state index contributed by atoms with van der Waals surface area (Å²) in [6.07, 6.45) is 2.00. The normalized spacial score (nSPS) is 12.7. The van der Waals surface area contributed by atoms with Crippen LogP contribution in [-0.2, 0) is 11.2 Å². The van der Waals surface area contributed by atoms with Crippen LogP contribution >= 0.6 is 12.4 Å². The molecule has 6 heteroatoms. The van der Waals surface area contributed by atoms with Crippen LogP contribution in [-0.4, -0.2) is 32.1 Å². The lowest BCUT2D eigenvalue weighted by molar-refractivity contribution is -0.119. The molecule has 1 heterocycles. The van der Waals surface area contributed by atoms with Crippen LogP contribution in [0.15, 0.2) is 48.5 Å². The SMILES string of the molecule is Cl.Nc1cccc2c1CCCN2CC(=O)NCCOc1ccccc1. The van der Waals surface area contributed by atoms with Crippen LogP contribution in [0.1, 0.15) is 12.0 Å². The molecule has 5 nitrogen and oxygen atoms in total. The molecule has 0 unspecified atom stereocenters. The third-order valence-corrected chi connectivity index (χ3v) is 4.15. The Labute approximate surface area is 154 Å². The Morgan fingerprint density at radius 3 is 2.76 bits per heavy atom. The molecule has 0 spiro atoms. The van der Waals surface area contributed by atoms with Crippen LogP contribution in [0.5, 0.6) is 5.75 Å². The van der Waals surface area contributed by atoms with Crippen molar-refractivity contribution in [3.8, 4) is 5.75 Å². The number of nitrogens with one attached hydrogen (secondary N) is 1. The fourth-order valence-corrected chi connectivity index (χ4v) is 3.00. The maximum Gasteiger partial charge on any atom is 0.239 e. The van der Waals surface area contributed by atoms with Crippen LogP contribution < -0.4 is 20.7 Å². The van der Waals surface area contributed by atoms with Crippen molar-refractivity contribution in [1.29, 1.82) is 0 Å². The van der Waals surface area contributed by atoms with Gasteiger partial charge in [-0.15, -0.1) is 12.4 Å². The lowest BCUT2D eigenvalue weighted by Gasteiger charge is -2.31. The fraction of sp³-hybridized carbons (Fsp3) is 0.316. The molecule has 0 fully saturated rings. The number of anilines is 2. The molecule has 0 atom stereocenters.